The molecule has 0 saturated heterocycles. The van der Waals surface area contributed by atoms with Gasteiger partial charge in [0.25, 0.3) is 0 Å². The lowest BCUT2D eigenvalue weighted by molar-refractivity contribution is 0.615. The molecule has 0 bridgehead atoms. The first-order valence-electron chi connectivity index (χ1n) is 5.25. The summed E-state index contributed by atoms with van der Waals surface area (Å²) >= 11 is 11.3. The summed E-state index contributed by atoms with van der Waals surface area (Å²) in [5.41, 5.74) is 2.06. The zero-order chi connectivity index (χ0) is 13.4. The zero-order valence-corrected chi connectivity index (χ0v) is 10.8. The fourth-order valence-electron chi connectivity index (χ4n) is 1.63. The quantitative estimate of drug-likeness (QED) is 0.644. The van der Waals surface area contributed by atoms with Crippen LogP contribution < -0.4 is 0 Å². The van der Waals surface area contributed by atoms with Gasteiger partial charge in [-0.05, 0) is 18.2 Å². The van der Waals surface area contributed by atoms with Gasteiger partial charge in [0.1, 0.15) is 0 Å². The van der Waals surface area contributed by atoms with Gasteiger partial charge in [0.05, 0.1) is 11.0 Å². The van der Waals surface area contributed by atoms with Gasteiger partial charge >= 0.3 is 0 Å². The van der Waals surface area contributed by atoms with Gasteiger partial charge in [-0.15, -0.1) is 0 Å². The number of halogens is 3. The highest BCUT2D eigenvalue weighted by molar-refractivity contribution is 6.33. The van der Waals surface area contributed by atoms with Gasteiger partial charge in [-0.2, -0.15) is 0 Å². The summed E-state index contributed by atoms with van der Waals surface area (Å²) in [5, 5.41) is -0.622. The molecule has 0 unspecified atom stereocenters. The number of benzene rings is 1. The second-order valence-corrected chi connectivity index (χ2v) is 4.42. The van der Waals surface area contributed by atoms with Crippen molar-refractivity contribution in [1.29, 1.82) is 0 Å². The fraction of sp³-hybridized carbons (Fsp3) is 0. The van der Waals surface area contributed by atoms with Crippen LogP contribution in [0.4, 0.5) is 4.39 Å². The van der Waals surface area contributed by atoms with E-state index in [0.29, 0.717) is 11.1 Å². The van der Waals surface area contributed by atoms with E-state index in [9.17, 15) is 4.39 Å². The first-order valence-corrected chi connectivity index (χ1v) is 6.00. The molecule has 4 nitrogen and oxygen atoms in total. The van der Waals surface area contributed by atoms with Crippen LogP contribution in [0.15, 0.2) is 30.6 Å². The maximum atomic E-state index is 13.3. The molecule has 3 rings (SSSR count). The van der Waals surface area contributed by atoms with Crippen LogP contribution in [0.5, 0.6) is 0 Å². The number of fused-ring (bicyclic) bond motifs is 1. The summed E-state index contributed by atoms with van der Waals surface area (Å²) in [7, 11) is 0. The molecule has 0 fully saturated rings. The molecule has 2 aromatic heterocycles. The van der Waals surface area contributed by atoms with Crippen molar-refractivity contribution in [3.8, 4) is 11.4 Å². The summed E-state index contributed by atoms with van der Waals surface area (Å²) in [6, 6.07) is 5.26. The van der Waals surface area contributed by atoms with Crippen LogP contribution in [0, 0.1) is 5.82 Å². The Morgan fingerprint density at radius 1 is 0.895 bits per heavy atom. The van der Waals surface area contributed by atoms with Gasteiger partial charge in [0.15, 0.2) is 21.9 Å². The molecule has 3 aromatic rings. The summed E-state index contributed by atoms with van der Waals surface area (Å²) in [4.78, 5) is 16.0. The summed E-state index contributed by atoms with van der Waals surface area (Å²) in [5.74, 6) is -0.586. The van der Waals surface area contributed by atoms with Gasteiger partial charge in [0.2, 0.25) is 0 Å². The Labute approximate surface area is 117 Å². The fourth-order valence-corrected chi connectivity index (χ4v) is 2.01. The molecule has 19 heavy (non-hydrogen) atoms. The maximum absolute atomic E-state index is 13.3. The lowest BCUT2D eigenvalue weighted by Gasteiger charge is -2.03. The molecule has 2 heterocycles. The van der Waals surface area contributed by atoms with Crippen molar-refractivity contribution in [2.75, 3.05) is 0 Å². The Bertz CT molecular complexity index is 756. The Morgan fingerprint density at radius 3 is 2.21 bits per heavy atom. The molecule has 0 saturated carbocycles. The third-order valence-corrected chi connectivity index (χ3v) is 3.00. The summed E-state index contributed by atoms with van der Waals surface area (Å²) < 4.78 is 13.3. The van der Waals surface area contributed by atoms with Gasteiger partial charge < -0.3 is 0 Å². The average Bonchev–Trinajstić information content (AvgIpc) is 2.43. The van der Waals surface area contributed by atoms with Crippen molar-refractivity contribution >= 4 is 34.2 Å². The molecule has 0 spiro atoms. The van der Waals surface area contributed by atoms with Crippen LogP contribution in [0.3, 0.4) is 0 Å². The SMILES string of the molecule is Fc1c(Cl)nc(-c2ccc3nccnc3c2)nc1Cl. The minimum absolute atomic E-state index is 0.240. The predicted molar refractivity (Wildman–Crippen MR) is 70.5 cm³/mol. The molecular weight excluding hydrogens is 290 g/mol. The van der Waals surface area contributed by atoms with Crippen LogP contribution in [-0.2, 0) is 0 Å². The molecule has 0 amide bonds. The molecule has 0 aliphatic heterocycles. The number of aromatic nitrogens is 4. The van der Waals surface area contributed by atoms with Crippen molar-refractivity contribution in [1.82, 2.24) is 19.9 Å². The average molecular weight is 295 g/mol. The lowest BCUT2D eigenvalue weighted by Crippen LogP contribution is -1.95. The van der Waals surface area contributed by atoms with Crippen LogP contribution in [-0.4, -0.2) is 19.9 Å². The van der Waals surface area contributed by atoms with Crippen LogP contribution >= 0.6 is 23.2 Å². The topological polar surface area (TPSA) is 51.6 Å². The first kappa shape index (κ1) is 12.2. The molecular formula is C12H5Cl2FN4. The lowest BCUT2D eigenvalue weighted by atomic mass is 10.2. The summed E-state index contributed by atoms with van der Waals surface area (Å²) in [6.07, 6.45) is 3.18. The van der Waals surface area contributed by atoms with E-state index in [1.54, 1.807) is 30.6 Å². The van der Waals surface area contributed by atoms with E-state index in [4.69, 9.17) is 23.2 Å². The number of rotatable bonds is 1. The standard InChI is InChI=1S/C12H5Cl2FN4/c13-10-9(15)11(14)19-12(18-10)6-1-2-7-8(5-6)17-4-3-16-7/h1-5H. The smallest absolute Gasteiger partial charge is 0.197 e. The minimum atomic E-state index is -0.826. The highest BCUT2D eigenvalue weighted by Crippen LogP contribution is 2.25. The minimum Gasteiger partial charge on any atom is -0.253 e. The largest absolute Gasteiger partial charge is 0.253 e. The molecule has 0 N–H and O–H groups in total. The van der Waals surface area contributed by atoms with E-state index in [1.165, 1.54) is 0 Å². The second kappa shape index (κ2) is 4.68. The predicted octanol–water partition coefficient (Wildman–Crippen LogP) is 3.53. The van der Waals surface area contributed by atoms with E-state index >= 15 is 0 Å². The van der Waals surface area contributed by atoms with Gasteiger partial charge in [-0.3, -0.25) is 9.97 Å². The molecule has 1 aromatic carbocycles. The molecule has 94 valence electrons. The monoisotopic (exact) mass is 294 g/mol. The number of hydrogen-bond donors (Lipinski definition) is 0. The van der Waals surface area contributed by atoms with Crippen LogP contribution in [0.2, 0.25) is 10.3 Å². The molecule has 0 atom stereocenters. The van der Waals surface area contributed by atoms with Crippen molar-refractivity contribution in [2.45, 2.75) is 0 Å². The van der Waals surface area contributed by atoms with E-state index in [2.05, 4.69) is 19.9 Å². The highest BCUT2D eigenvalue weighted by Gasteiger charge is 2.12. The second-order valence-electron chi connectivity index (χ2n) is 3.70. The van der Waals surface area contributed by atoms with E-state index in [-0.39, 0.29) is 16.1 Å². The first-order chi connectivity index (χ1) is 9.15. The number of hydrogen-bond acceptors (Lipinski definition) is 4. The normalized spacial score (nSPS) is 10.9. The Hall–Kier alpha value is -1.85. The molecule has 7 heteroatoms. The van der Waals surface area contributed by atoms with Crippen LogP contribution in [0.1, 0.15) is 0 Å². The van der Waals surface area contributed by atoms with Gasteiger partial charge in [-0.1, -0.05) is 23.2 Å². The third-order valence-electron chi connectivity index (χ3n) is 2.50. The third kappa shape index (κ3) is 2.22. The van der Waals surface area contributed by atoms with Gasteiger partial charge in [-0.25, -0.2) is 14.4 Å². The number of nitrogens with zero attached hydrogens (tertiary/aromatic N) is 4. The van der Waals surface area contributed by atoms with E-state index < -0.39 is 5.82 Å². The van der Waals surface area contributed by atoms with Crippen LogP contribution in [0.25, 0.3) is 22.4 Å². The Kier molecular flexibility index (Phi) is 3.00. The summed E-state index contributed by atoms with van der Waals surface area (Å²) in [6.45, 7) is 0. The van der Waals surface area contributed by atoms with Gasteiger partial charge in [0, 0.05) is 18.0 Å². The van der Waals surface area contributed by atoms with E-state index in [1.807, 2.05) is 0 Å². The molecule has 0 radical (unpaired) electrons. The van der Waals surface area contributed by atoms with Crippen molar-refractivity contribution in [3.63, 3.8) is 0 Å². The highest BCUT2D eigenvalue weighted by atomic mass is 35.5. The van der Waals surface area contributed by atoms with Crippen molar-refractivity contribution in [2.24, 2.45) is 0 Å². The maximum Gasteiger partial charge on any atom is 0.197 e. The zero-order valence-electron chi connectivity index (χ0n) is 9.31. The molecule has 0 aliphatic rings. The van der Waals surface area contributed by atoms with Crippen molar-refractivity contribution in [3.05, 3.63) is 46.7 Å². The Balaban J connectivity index is 2.19. The van der Waals surface area contributed by atoms with E-state index in [0.717, 1.165) is 5.52 Å². The van der Waals surface area contributed by atoms with Crippen molar-refractivity contribution < 1.29 is 4.39 Å². The Morgan fingerprint density at radius 2 is 1.53 bits per heavy atom. The molecule has 0 aliphatic carbocycles.